The van der Waals surface area contributed by atoms with Crippen molar-refractivity contribution in [2.45, 2.75) is 12.5 Å². The van der Waals surface area contributed by atoms with Crippen molar-refractivity contribution in [1.82, 2.24) is 0 Å². The van der Waals surface area contributed by atoms with Crippen LogP contribution in [0.2, 0.25) is 5.02 Å². The first-order valence-electron chi connectivity index (χ1n) is 5.79. The maximum Gasteiger partial charge on any atom is 0.339 e. The van der Waals surface area contributed by atoms with Gasteiger partial charge in [0.2, 0.25) is 0 Å². The zero-order chi connectivity index (χ0) is 12.5. The predicted octanol–water partition coefficient (Wildman–Crippen LogP) is 3.79. The van der Waals surface area contributed by atoms with E-state index in [1.165, 1.54) is 0 Å². The molecule has 0 bridgehead atoms. The van der Waals surface area contributed by atoms with E-state index in [2.05, 4.69) is 0 Å². The highest BCUT2D eigenvalue weighted by Crippen LogP contribution is 2.34. The van der Waals surface area contributed by atoms with Gasteiger partial charge in [-0.3, -0.25) is 0 Å². The van der Waals surface area contributed by atoms with Gasteiger partial charge in [0.25, 0.3) is 0 Å². The minimum absolute atomic E-state index is 0.228. The highest BCUT2D eigenvalue weighted by molar-refractivity contribution is 6.31. The number of halogens is 1. The summed E-state index contributed by atoms with van der Waals surface area (Å²) < 4.78 is 5.39. The number of fused-ring (bicyclic) bond motifs is 1. The summed E-state index contributed by atoms with van der Waals surface area (Å²) in [5.74, 6) is -0.248. The monoisotopic (exact) mass is 258 g/mol. The van der Waals surface area contributed by atoms with Crippen LogP contribution in [0, 0.1) is 0 Å². The van der Waals surface area contributed by atoms with Crippen LogP contribution in [0.15, 0.2) is 48.5 Å². The molecule has 0 amide bonds. The third-order valence-corrected chi connectivity index (χ3v) is 3.51. The standard InChI is InChI=1S/C15H11ClO2/c16-13-8-4-1-5-10(13)9-14-11-6-2-3-7-12(11)15(17)18-14/h1-8,14H,9H2/t14-/m1/s1. The number of hydrogen-bond donors (Lipinski definition) is 0. The van der Waals surface area contributed by atoms with E-state index in [-0.39, 0.29) is 12.1 Å². The molecule has 0 unspecified atom stereocenters. The molecule has 18 heavy (non-hydrogen) atoms. The SMILES string of the molecule is O=C1O[C@H](Cc2ccccc2Cl)c2ccccc21. The van der Waals surface area contributed by atoms with Crippen molar-refractivity contribution in [3.8, 4) is 0 Å². The van der Waals surface area contributed by atoms with Crippen LogP contribution in [-0.2, 0) is 11.2 Å². The second-order valence-corrected chi connectivity index (χ2v) is 4.68. The number of ether oxygens (including phenoxy) is 1. The van der Waals surface area contributed by atoms with E-state index in [0.717, 1.165) is 11.1 Å². The zero-order valence-corrected chi connectivity index (χ0v) is 10.4. The quantitative estimate of drug-likeness (QED) is 0.766. The Bertz CT molecular complexity index is 607. The Morgan fingerprint density at radius 2 is 1.78 bits per heavy atom. The van der Waals surface area contributed by atoms with Crippen LogP contribution in [-0.4, -0.2) is 5.97 Å². The fourth-order valence-corrected chi connectivity index (χ4v) is 2.45. The molecule has 0 saturated carbocycles. The molecule has 0 spiro atoms. The molecule has 0 fully saturated rings. The minimum Gasteiger partial charge on any atom is -0.454 e. The van der Waals surface area contributed by atoms with Gasteiger partial charge in [-0.25, -0.2) is 4.79 Å². The molecule has 1 aliphatic heterocycles. The van der Waals surface area contributed by atoms with E-state index in [1.54, 1.807) is 6.07 Å². The number of rotatable bonds is 2. The van der Waals surface area contributed by atoms with Crippen molar-refractivity contribution >= 4 is 17.6 Å². The average molecular weight is 259 g/mol. The van der Waals surface area contributed by atoms with Gasteiger partial charge in [-0.15, -0.1) is 0 Å². The van der Waals surface area contributed by atoms with E-state index in [1.807, 2.05) is 42.5 Å². The first-order valence-corrected chi connectivity index (χ1v) is 6.17. The summed E-state index contributed by atoms with van der Waals surface area (Å²) in [6.07, 6.45) is 0.385. The Morgan fingerprint density at radius 1 is 1.06 bits per heavy atom. The molecule has 0 aliphatic carbocycles. The van der Waals surface area contributed by atoms with Crippen LogP contribution in [0.5, 0.6) is 0 Å². The summed E-state index contributed by atoms with van der Waals surface area (Å²) in [6.45, 7) is 0. The largest absolute Gasteiger partial charge is 0.454 e. The Kier molecular flexibility index (Phi) is 2.80. The summed E-state index contributed by atoms with van der Waals surface area (Å²) >= 11 is 6.13. The molecule has 90 valence electrons. The molecular formula is C15H11ClO2. The van der Waals surface area contributed by atoms with Crippen LogP contribution in [0.3, 0.4) is 0 Å². The molecule has 0 aromatic heterocycles. The summed E-state index contributed by atoms with van der Waals surface area (Å²) in [5, 5.41) is 0.706. The summed E-state index contributed by atoms with van der Waals surface area (Å²) in [4.78, 5) is 11.7. The molecular weight excluding hydrogens is 248 g/mol. The van der Waals surface area contributed by atoms with Crippen molar-refractivity contribution in [2.75, 3.05) is 0 Å². The highest BCUT2D eigenvalue weighted by atomic mass is 35.5. The van der Waals surface area contributed by atoms with Gasteiger partial charge in [0.05, 0.1) is 5.56 Å². The number of cyclic esters (lactones) is 1. The van der Waals surface area contributed by atoms with Gasteiger partial charge < -0.3 is 4.74 Å². The third-order valence-electron chi connectivity index (χ3n) is 3.14. The highest BCUT2D eigenvalue weighted by Gasteiger charge is 2.30. The third kappa shape index (κ3) is 1.89. The zero-order valence-electron chi connectivity index (χ0n) is 9.60. The van der Waals surface area contributed by atoms with Gasteiger partial charge in [0.15, 0.2) is 0 Å². The minimum atomic E-state index is -0.248. The van der Waals surface area contributed by atoms with E-state index >= 15 is 0 Å². The van der Waals surface area contributed by atoms with Crippen molar-refractivity contribution in [3.63, 3.8) is 0 Å². The van der Waals surface area contributed by atoms with E-state index in [9.17, 15) is 4.79 Å². The Labute approximate surface area is 110 Å². The van der Waals surface area contributed by atoms with E-state index in [4.69, 9.17) is 16.3 Å². The second-order valence-electron chi connectivity index (χ2n) is 4.28. The second kappa shape index (κ2) is 4.46. The first kappa shape index (κ1) is 11.3. The Morgan fingerprint density at radius 3 is 2.61 bits per heavy atom. The Balaban J connectivity index is 1.92. The number of benzene rings is 2. The van der Waals surface area contributed by atoms with Gasteiger partial charge in [-0.1, -0.05) is 48.0 Å². The van der Waals surface area contributed by atoms with Crippen LogP contribution in [0.25, 0.3) is 0 Å². The van der Waals surface area contributed by atoms with Crippen molar-refractivity contribution < 1.29 is 9.53 Å². The maximum atomic E-state index is 11.7. The molecule has 0 saturated heterocycles. The van der Waals surface area contributed by atoms with Gasteiger partial charge in [0, 0.05) is 17.0 Å². The lowest BCUT2D eigenvalue weighted by atomic mass is 9.99. The van der Waals surface area contributed by atoms with Gasteiger partial charge in [-0.2, -0.15) is 0 Å². The van der Waals surface area contributed by atoms with Crippen LogP contribution in [0.4, 0.5) is 0 Å². The lowest BCUT2D eigenvalue weighted by Gasteiger charge is -2.11. The Hall–Kier alpha value is -1.80. The van der Waals surface area contributed by atoms with Crippen LogP contribution in [0.1, 0.15) is 27.6 Å². The number of carbonyl (C=O) groups excluding carboxylic acids is 1. The predicted molar refractivity (Wildman–Crippen MR) is 69.8 cm³/mol. The van der Waals surface area contributed by atoms with E-state index < -0.39 is 0 Å². The summed E-state index contributed by atoms with van der Waals surface area (Å²) in [6, 6.07) is 15.1. The molecule has 1 atom stereocenters. The molecule has 2 aromatic rings. The molecule has 0 N–H and O–H groups in total. The average Bonchev–Trinajstić information content (AvgIpc) is 2.70. The summed E-state index contributed by atoms with van der Waals surface area (Å²) in [5.41, 5.74) is 2.60. The first-order chi connectivity index (χ1) is 8.75. The fraction of sp³-hybridized carbons (Fsp3) is 0.133. The molecule has 2 aromatic carbocycles. The smallest absolute Gasteiger partial charge is 0.339 e. The normalized spacial score (nSPS) is 17.4. The number of carbonyl (C=O) groups is 1. The van der Waals surface area contributed by atoms with Crippen LogP contribution < -0.4 is 0 Å². The molecule has 0 radical (unpaired) electrons. The topological polar surface area (TPSA) is 26.3 Å². The molecule has 1 aliphatic rings. The summed E-state index contributed by atoms with van der Waals surface area (Å²) in [7, 11) is 0. The van der Waals surface area contributed by atoms with Crippen molar-refractivity contribution in [2.24, 2.45) is 0 Å². The molecule has 3 heteroatoms. The molecule has 3 rings (SSSR count). The lowest BCUT2D eigenvalue weighted by molar-refractivity contribution is 0.0387. The van der Waals surface area contributed by atoms with Gasteiger partial charge in [0.1, 0.15) is 6.10 Å². The molecule has 2 nitrogen and oxygen atoms in total. The molecule has 1 heterocycles. The van der Waals surface area contributed by atoms with E-state index in [0.29, 0.717) is 17.0 Å². The van der Waals surface area contributed by atoms with Gasteiger partial charge >= 0.3 is 5.97 Å². The van der Waals surface area contributed by atoms with Gasteiger partial charge in [-0.05, 0) is 17.7 Å². The fourth-order valence-electron chi connectivity index (χ4n) is 2.24. The van der Waals surface area contributed by atoms with Crippen LogP contribution >= 0.6 is 11.6 Å². The lowest BCUT2D eigenvalue weighted by Crippen LogP contribution is -2.03. The number of hydrogen-bond acceptors (Lipinski definition) is 2. The van der Waals surface area contributed by atoms with Crippen molar-refractivity contribution in [3.05, 3.63) is 70.2 Å². The van der Waals surface area contributed by atoms with Crippen molar-refractivity contribution in [1.29, 1.82) is 0 Å². The number of esters is 1. The maximum absolute atomic E-state index is 11.7.